The molecular formula is C20H20N2O5. The van der Waals surface area contributed by atoms with E-state index in [0.717, 1.165) is 12.2 Å². The number of ether oxygens (including phenoxy) is 4. The number of amides is 1. The summed E-state index contributed by atoms with van der Waals surface area (Å²) in [5.74, 6) is 2.31. The molecule has 1 spiro atoms. The van der Waals surface area contributed by atoms with Crippen LogP contribution in [0.3, 0.4) is 0 Å². The zero-order valence-corrected chi connectivity index (χ0v) is 14.8. The maximum atomic E-state index is 12.8. The summed E-state index contributed by atoms with van der Waals surface area (Å²) >= 11 is 0. The van der Waals surface area contributed by atoms with Crippen LogP contribution >= 0.6 is 0 Å². The topological polar surface area (TPSA) is 70.1 Å². The van der Waals surface area contributed by atoms with Crippen molar-refractivity contribution in [3.05, 3.63) is 48.3 Å². The molecule has 7 nitrogen and oxygen atoms in total. The number of pyridine rings is 1. The van der Waals surface area contributed by atoms with E-state index in [-0.39, 0.29) is 24.2 Å². The molecule has 0 bridgehead atoms. The molecule has 1 atom stereocenters. The number of hydrogen-bond donors (Lipinski definition) is 0. The summed E-state index contributed by atoms with van der Waals surface area (Å²) in [5, 5.41) is 0. The summed E-state index contributed by atoms with van der Waals surface area (Å²) in [6, 6.07) is 9.05. The Labute approximate surface area is 156 Å². The summed E-state index contributed by atoms with van der Waals surface area (Å²) < 4.78 is 22.6. The van der Waals surface area contributed by atoms with Crippen molar-refractivity contribution < 1.29 is 23.7 Å². The minimum absolute atomic E-state index is 0.0126. The first-order valence-electron chi connectivity index (χ1n) is 9.09. The molecule has 2 fully saturated rings. The van der Waals surface area contributed by atoms with Crippen LogP contribution < -0.4 is 14.2 Å². The molecule has 7 heteroatoms. The van der Waals surface area contributed by atoms with Crippen LogP contribution in [0, 0.1) is 5.92 Å². The minimum Gasteiger partial charge on any atom is -0.492 e. The Bertz CT molecular complexity index is 851. The fourth-order valence-corrected chi connectivity index (χ4v) is 3.95. The average Bonchev–Trinajstić information content (AvgIpc) is 3.31. The van der Waals surface area contributed by atoms with Gasteiger partial charge in [-0.15, -0.1) is 0 Å². The molecule has 2 aromatic rings. The predicted molar refractivity (Wildman–Crippen MR) is 95.0 cm³/mol. The standard InChI is InChI=1S/C20H20N2O5/c23-19(14-3-4-17-18(8-14)26-13-25-17)22-11-20(12-22)15(5-7-27-20)10-24-16-2-1-6-21-9-16/h1-4,6,8-9,15H,5,7,10-13H2/t15-/m0/s1. The van der Waals surface area contributed by atoms with E-state index >= 15 is 0 Å². The van der Waals surface area contributed by atoms with Crippen molar-refractivity contribution in [2.45, 2.75) is 12.0 Å². The predicted octanol–water partition coefficient (Wildman–Crippen LogP) is 2.12. The van der Waals surface area contributed by atoms with Crippen molar-refractivity contribution in [2.24, 2.45) is 5.92 Å². The van der Waals surface area contributed by atoms with Gasteiger partial charge in [0.2, 0.25) is 6.79 Å². The van der Waals surface area contributed by atoms with Crippen LogP contribution in [0.2, 0.25) is 0 Å². The molecule has 2 saturated heterocycles. The highest BCUT2D eigenvalue weighted by Gasteiger charge is 2.54. The second kappa shape index (κ2) is 6.42. The lowest BCUT2D eigenvalue weighted by atomic mass is 9.81. The summed E-state index contributed by atoms with van der Waals surface area (Å²) in [5.41, 5.74) is 0.309. The largest absolute Gasteiger partial charge is 0.492 e. The number of hydrogen-bond acceptors (Lipinski definition) is 6. The van der Waals surface area contributed by atoms with E-state index in [1.807, 2.05) is 17.0 Å². The van der Waals surface area contributed by atoms with E-state index < -0.39 is 0 Å². The highest BCUT2D eigenvalue weighted by Crippen LogP contribution is 2.41. The van der Waals surface area contributed by atoms with Crippen molar-refractivity contribution in [3.8, 4) is 17.2 Å². The Morgan fingerprint density at radius 2 is 2.15 bits per heavy atom. The molecule has 3 aliphatic heterocycles. The smallest absolute Gasteiger partial charge is 0.254 e. The van der Waals surface area contributed by atoms with Gasteiger partial charge in [0.1, 0.15) is 11.4 Å². The van der Waals surface area contributed by atoms with Crippen molar-refractivity contribution in [1.29, 1.82) is 0 Å². The van der Waals surface area contributed by atoms with Gasteiger partial charge < -0.3 is 23.8 Å². The van der Waals surface area contributed by atoms with Gasteiger partial charge in [-0.1, -0.05) is 0 Å². The number of aromatic nitrogens is 1. The number of likely N-dealkylation sites (tertiary alicyclic amines) is 1. The third kappa shape index (κ3) is 2.88. The van der Waals surface area contributed by atoms with Crippen LogP contribution in [0.5, 0.6) is 17.2 Å². The molecular weight excluding hydrogens is 348 g/mol. The Balaban J connectivity index is 1.22. The number of nitrogens with zero attached hydrogens (tertiary/aromatic N) is 2. The maximum Gasteiger partial charge on any atom is 0.254 e. The van der Waals surface area contributed by atoms with Crippen molar-refractivity contribution in [2.75, 3.05) is 33.1 Å². The van der Waals surface area contributed by atoms with Crippen LogP contribution in [0.15, 0.2) is 42.7 Å². The summed E-state index contributed by atoms with van der Waals surface area (Å²) in [6.07, 6.45) is 4.36. The second-order valence-electron chi connectivity index (χ2n) is 7.13. The van der Waals surface area contributed by atoms with Crippen LogP contribution in [0.4, 0.5) is 0 Å². The van der Waals surface area contributed by atoms with E-state index in [9.17, 15) is 4.79 Å². The molecule has 0 unspecified atom stereocenters. The monoisotopic (exact) mass is 368 g/mol. The van der Waals surface area contributed by atoms with Gasteiger partial charge in [-0.05, 0) is 36.8 Å². The lowest BCUT2D eigenvalue weighted by Crippen LogP contribution is -2.66. The van der Waals surface area contributed by atoms with Crippen LogP contribution in [-0.4, -0.2) is 54.5 Å². The molecule has 0 N–H and O–H groups in total. The molecule has 5 rings (SSSR count). The number of fused-ring (bicyclic) bond motifs is 1. The van der Waals surface area contributed by atoms with Gasteiger partial charge in [0, 0.05) is 24.3 Å². The zero-order valence-electron chi connectivity index (χ0n) is 14.8. The molecule has 0 radical (unpaired) electrons. The number of rotatable bonds is 4. The Hall–Kier alpha value is -2.80. The fourth-order valence-electron chi connectivity index (χ4n) is 3.95. The lowest BCUT2D eigenvalue weighted by Gasteiger charge is -2.50. The molecule has 1 amide bonds. The fraction of sp³-hybridized carbons (Fsp3) is 0.400. The van der Waals surface area contributed by atoms with E-state index in [1.54, 1.807) is 30.6 Å². The lowest BCUT2D eigenvalue weighted by molar-refractivity contribution is -0.122. The highest BCUT2D eigenvalue weighted by molar-refractivity contribution is 5.95. The average molecular weight is 368 g/mol. The number of carbonyl (C=O) groups excluding carboxylic acids is 1. The molecule has 0 aliphatic carbocycles. The van der Waals surface area contributed by atoms with E-state index in [0.29, 0.717) is 43.4 Å². The third-order valence-corrected chi connectivity index (χ3v) is 5.51. The van der Waals surface area contributed by atoms with Gasteiger partial charge in [0.15, 0.2) is 11.5 Å². The molecule has 0 saturated carbocycles. The third-order valence-electron chi connectivity index (χ3n) is 5.51. The van der Waals surface area contributed by atoms with Gasteiger partial charge in [-0.3, -0.25) is 9.78 Å². The Morgan fingerprint density at radius 3 is 3.00 bits per heavy atom. The number of benzene rings is 1. The van der Waals surface area contributed by atoms with Crippen LogP contribution in [0.25, 0.3) is 0 Å². The maximum absolute atomic E-state index is 12.8. The van der Waals surface area contributed by atoms with E-state index in [4.69, 9.17) is 18.9 Å². The zero-order chi connectivity index (χ0) is 18.3. The van der Waals surface area contributed by atoms with Crippen molar-refractivity contribution in [1.82, 2.24) is 9.88 Å². The van der Waals surface area contributed by atoms with E-state index in [2.05, 4.69) is 4.98 Å². The summed E-state index contributed by atoms with van der Waals surface area (Å²) in [6.45, 7) is 2.64. The van der Waals surface area contributed by atoms with Crippen molar-refractivity contribution >= 4 is 5.91 Å². The van der Waals surface area contributed by atoms with Crippen molar-refractivity contribution in [3.63, 3.8) is 0 Å². The SMILES string of the molecule is O=C(c1ccc2c(c1)OCO2)N1CC2(C1)OCC[C@H]2COc1cccnc1. The van der Waals surface area contributed by atoms with Crippen LogP contribution in [-0.2, 0) is 4.74 Å². The number of carbonyl (C=O) groups is 1. The van der Waals surface area contributed by atoms with Crippen LogP contribution in [0.1, 0.15) is 16.8 Å². The quantitative estimate of drug-likeness (QED) is 0.823. The Kier molecular flexibility index (Phi) is 3.89. The highest BCUT2D eigenvalue weighted by atomic mass is 16.7. The van der Waals surface area contributed by atoms with E-state index in [1.165, 1.54) is 0 Å². The molecule has 140 valence electrons. The molecule has 1 aromatic heterocycles. The summed E-state index contributed by atoms with van der Waals surface area (Å²) in [7, 11) is 0. The van der Waals surface area contributed by atoms with Gasteiger partial charge in [0.05, 0.1) is 25.9 Å². The summed E-state index contributed by atoms with van der Waals surface area (Å²) in [4.78, 5) is 18.7. The second-order valence-corrected chi connectivity index (χ2v) is 7.13. The van der Waals surface area contributed by atoms with Gasteiger partial charge in [-0.25, -0.2) is 0 Å². The molecule has 27 heavy (non-hydrogen) atoms. The molecule has 3 aliphatic rings. The first-order valence-corrected chi connectivity index (χ1v) is 9.09. The van der Waals surface area contributed by atoms with Gasteiger partial charge in [-0.2, -0.15) is 0 Å². The Morgan fingerprint density at radius 1 is 1.26 bits per heavy atom. The van der Waals surface area contributed by atoms with Gasteiger partial charge in [0.25, 0.3) is 5.91 Å². The first-order chi connectivity index (χ1) is 13.2. The molecule has 1 aromatic carbocycles. The first kappa shape index (κ1) is 16.4. The van der Waals surface area contributed by atoms with Gasteiger partial charge >= 0.3 is 0 Å². The minimum atomic E-state index is -0.297. The normalized spacial score (nSPS) is 21.9. The molecule has 4 heterocycles.